The lowest BCUT2D eigenvalue weighted by Gasteiger charge is -2.10. The van der Waals surface area contributed by atoms with E-state index in [1.54, 1.807) is 0 Å². The molecule has 5 nitrogen and oxygen atoms in total. The molecule has 0 atom stereocenters. The number of hydrogen-bond donors (Lipinski definition) is 2. The zero-order valence-corrected chi connectivity index (χ0v) is 11.0. The molecule has 2 N–H and O–H groups in total. The summed E-state index contributed by atoms with van der Waals surface area (Å²) in [7, 11) is -3.52. The second kappa shape index (κ2) is 5.12. The van der Waals surface area contributed by atoms with E-state index in [9.17, 15) is 13.2 Å². The molecule has 8 heteroatoms. The zero-order valence-electron chi connectivity index (χ0n) is 8.70. The normalized spacial score (nSPS) is 11.2. The minimum atomic E-state index is -3.52. The predicted molar refractivity (Wildman–Crippen MR) is 66.5 cm³/mol. The van der Waals surface area contributed by atoms with Gasteiger partial charge in [-0.2, -0.15) is 0 Å². The predicted octanol–water partition coefficient (Wildman–Crippen LogP) is 2.45. The van der Waals surface area contributed by atoms with Crippen LogP contribution in [-0.2, 0) is 10.0 Å². The molecule has 0 bridgehead atoms. The maximum Gasteiger partial charge on any atom is 0.335 e. The largest absolute Gasteiger partial charge is 0.478 e. The molecule has 0 aliphatic carbocycles. The number of carbonyl (C=O) groups is 1. The fourth-order valence-corrected chi connectivity index (χ4v) is 2.39. The Morgan fingerprint density at radius 2 is 1.82 bits per heavy atom. The molecule has 0 radical (unpaired) electrons. The van der Waals surface area contributed by atoms with Crippen molar-refractivity contribution in [2.24, 2.45) is 0 Å². The van der Waals surface area contributed by atoms with E-state index < -0.39 is 16.0 Å². The van der Waals surface area contributed by atoms with Gasteiger partial charge in [0, 0.05) is 0 Å². The van der Waals surface area contributed by atoms with Crippen LogP contribution in [0.1, 0.15) is 17.3 Å². The lowest BCUT2D eigenvalue weighted by Crippen LogP contribution is -2.15. The monoisotopic (exact) mass is 297 g/mol. The van der Waals surface area contributed by atoms with Crippen molar-refractivity contribution in [2.45, 2.75) is 6.92 Å². The van der Waals surface area contributed by atoms with E-state index in [0.717, 1.165) is 12.1 Å². The van der Waals surface area contributed by atoms with Crippen molar-refractivity contribution in [2.75, 3.05) is 10.5 Å². The molecule has 0 saturated carbocycles. The van der Waals surface area contributed by atoms with E-state index in [1.165, 1.54) is 6.92 Å². The first-order chi connectivity index (χ1) is 7.76. The summed E-state index contributed by atoms with van der Waals surface area (Å²) in [6.07, 6.45) is 0. The highest BCUT2D eigenvalue weighted by Gasteiger charge is 2.16. The molecule has 1 aromatic carbocycles. The third kappa shape index (κ3) is 3.49. The van der Waals surface area contributed by atoms with E-state index in [2.05, 4.69) is 4.72 Å². The molecule has 0 heterocycles. The highest BCUT2D eigenvalue weighted by atomic mass is 35.5. The molecule has 17 heavy (non-hydrogen) atoms. The summed E-state index contributed by atoms with van der Waals surface area (Å²) in [4.78, 5) is 10.7. The lowest BCUT2D eigenvalue weighted by molar-refractivity contribution is 0.0697. The lowest BCUT2D eigenvalue weighted by atomic mass is 10.2. The number of aromatic carboxylic acids is 1. The van der Waals surface area contributed by atoms with Gasteiger partial charge in [-0.15, -0.1) is 0 Å². The minimum Gasteiger partial charge on any atom is -0.478 e. The summed E-state index contributed by atoms with van der Waals surface area (Å²) < 4.78 is 24.9. The number of sulfonamides is 1. The van der Waals surface area contributed by atoms with Crippen molar-refractivity contribution >= 4 is 44.9 Å². The highest BCUT2D eigenvalue weighted by molar-refractivity contribution is 7.92. The van der Waals surface area contributed by atoms with Gasteiger partial charge in [-0.3, -0.25) is 4.72 Å². The Morgan fingerprint density at radius 1 is 1.35 bits per heavy atom. The van der Waals surface area contributed by atoms with Gasteiger partial charge in [-0.05, 0) is 19.1 Å². The van der Waals surface area contributed by atoms with Crippen LogP contribution in [0.15, 0.2) is 12.1 Å². The van der Waals surface area contributed by atoms with Gasteiger partial charge in [0.25, 0.3) is 0 Å². The maximum absolute atomic E-state index is 11.3. The first-order valence-corrected chi connectivity index (χ1v) is 6.90. The van der Waals surface area contributed by atoms with Crippen LogP contribution in [0.5, 0.6) is 0 Å². The average Bonchev–Trinajstić information content (AvgIpc) is 2.23. The number of anilines is 1. The van der Waals surface area contributed by atoms with Gasteiger partial charge < -0.3 is 5.11 Å². The van der Waals surface area contributed by atoms with Crippen LogP contribution in [0, 0.1) is 0 Å². The van der Waals surface area contributed by atoms with E-state index in [0.29, 0.717) is 0 Å². The number of hydrogen-bond acceptors (Lipinski definition) is 3. The molecule has 0 spiro atoms. The number of rotatable bonds is 4. The summed E-state index contributed by atoms with van der Waals surface area (Å²) >= 11 is 11.5. The summed E-state index contributed by atoms with van der Waals surface area (Å²) in [6.45, 7) is 1.45. The van der Waals surface area contributed by atoms with Gasteiger partial charge >= 0.3 is 5.97 Å². The van der Waals surface area contributed by atoms with Gasteiger partial charge in [0.2, 0.25) is 10.0 Å². The molecule has 0 amide bonds. The van der Waals surface area contributed by atoms with E-state index in [1.807, 2.05) is 0 Å². The van der Waals surface area contributed by atoms with Crippen molar-refractivity contribution in [3.8, 4) is 0 Å². The summed E-state index contributed by atoms with van der Waals surface area (Å²) in [5, 5.41) is 8.62. The van der Waals surface area contributed by atoms with Crippen molar-refractivity contribution in [3.63, 3.8) is 0 Å². The van der Waals surface area contributed by atoms with Crippen LogP contribution >= 0.6 is 23.2 Å². The fraction of sp³-hybridized carbons (Fsp3) is 0.222. The first kappa shape index (κ1) is 14.1. The standard InChI is InChI=1S/C9H9Cl2NO4S/c1-2-17(15,16)12-8-6(10)3-5(9(13)14)4-7(8)11/h3-4,12H,2H2,1H3,(H,13,14). The minimum absolute atomic E-state index is 0.0137. The molecule has 94 valence electrons. The van der Waals surface area contributed by atoms with Gasteiger partial charge in [0.1, 0.15) is 0 Å². The Hall–Kier alpha value is -0.980. The molecule has 1 aromatic rings. The molecular formula is C9H9Cl2NO4S. The highest BCUT2D eigenvalue weighted by Crippen LogP contribution is 2.32. The van der Waals surface area contributed by atoms with Gasteiger partial charge in [0.15, 0.2) is 0 Å². The number of nitrogens with one attached hydrogen (secondary N) is 1. The molecule has 0 fully saturated rings. The number of carboxylic acids is 1. The van der Waals surface area contributed by atoms with E-state index in [4.69, 9.17) is 28.3 Å². The van der Waals surface area contributed by atoms with Crippen molar-refractivity contribution in [3.05, 3.63) is 27.7 Å². The van der Waals surface area contributed by atoms with Gasteiger partial charge in [0.05, 0.1) is 27.0 Å². The van der Waals surface area contributed by atoms with Crippen LogP contribution < -0.4 is 4.72 Å². The van der Waals surface area contributed by atoms with Crippen LogP contribution in [0.25, 0.3) is 0 Å². The van der Waals surface area contributed by atoms with E-state index >= 15 is 0 Å². The molecule has 0 aliphatic heterocycles. The molecule has 0 saturated heterocycles. The maximum atomic E-state index is 11.3. The smallest absolute Gasteiger partial charge is 0.335 e. The Labute approximate surface area is 108 Å². The summed E-state index contributed by atoms with van der Waals surface area (Å²) in [5.41, 5.74) is -0.125. The third-order valence-corrected chi connectivity index (χ3v) is 3.80. The van der Waals surface area contributed by atoms with Crippen molar-refractivity contribution in [1.29, 1.82) is 0 Å². The molecule has 1 rings (SSSR count). The SMILES string of the molecule is CCS(=O)(=O)Nc1c(Cl)cc(C(=O)O)cc1Cl. The molecule has 0 aliphatic rings. The Kier molecular flexibility index (Phi) is 4.24. The molecular weight excluding hydrogens is 289 g/mol. The van der Waals surface area contributed by atoms with Crippen molar-refractivity contribution < 1.29 is 18.3 Å². The second-order valence-electron chi connectivity index (χ2n) is 3.13. The number of benzene rings is 1. The van der Waals surface area contributed by atoms with Gasteiger partial charge in [-0.25, -0.2) is 13.2 Å². The topological polar surface area (TPSA) is 83.5 Å². The Bertz CT molecular complexity index is 533. The molecule has 0 aromatic heterocycles. The summed E-state index contributed by atoms with van der Waals surface area (Å²) in [6, 6.07) is 2.26. The van der Waals surface area contributed by atoms with Crippen LogP contribution in [0.3, 0.4) is 0 Å². The Morgan fingerprint density at radius 3 is 2.18 bits per heavy atom. The van der Waals surface area contributed by atoms with Gasteiger partial charge in [-0.1, -0.05) is 23.2 Å². The van der Waals surface area contributed by atoms with Crippen molar-refractivity contribution in [1.82, 2.24) is 0 Å². The second-order valence-corrected chi connectivity index (χ2v) is 5.95. The molecule has 0 unspecified atom stereocenters. The fourth-order valence-electron chi connectivity index (χ4n) is 1.02. The quantitative estimate of drug-likeness (QED) is 0.894. The number of carboxylic acid groups (broad SMARTS) is 1. The zero-order chi connectivity index (χ0) is 13.2. The third-order valence-electron chi connectivity index (χ3n) is 1.93. The average molecular weight is 298 g/mol. The number of halogens is 2. The van der Waals surface area contributed by atoms with Crippen LogP contribution in [0.4, 0.5) is 5.69 Å². The summed E-state index contributed by atoms with van der Waals surface area (Å²) in [5.74, 6) is -1.33. The Balaban J connectivity index is 3.24. The van der Waals surface area contributed by atoms with Crippen LogP contribution in [0.2, 0.25) is 10.0 Å². The first-order valence-electron chi connectivity index (χ1n) is 4.49. The van der Waals surface area contributed by atoms with E-state index in [-0.39, 0.29) is 27.0 Å². The van der Waals surface area contributed by atoms with Crippen LogP contribution in [-0.4, -0.2) is 25.2 Å².